The third-order valence-electron chi connectivity index (χ3n) is 4.65. The molecule has 0 saturated carbocycles. The molecule has 152 valence electrons. The molecule has 0 aliphatic carbocycles. The number of hydrogen-bond acceptors (Lipinski definition) is 5. The summed E-state index contributed by atoms with van der Waals surface area (Å²) in [5.41, 5.74) is 1.60. The largest absolute Gasteiger partial charge is 0.495 e. The van der Waals surface area contributed by atoms with E-state index < -0.39 is 5.92 Å². The van der Waals surface area contributed by atoms with Gasteiger partial charge in [-0.2, -0.15) is 0 Å². The number of carbonyl (C=O) groups excluding carboxylic acids is 3. The highest BCUT2D eigenvalue weighted by Gasteiger charge is 2.36. The average molecular weight is 397 g/mol. The summed E-state index contributed by atoms with van der Waals surface area (Å²) in [5.74, 6) is -0.157. The van der Waals surface area contributed by atoms with E-state index in [1.54, 1.807) is 35.2 Å². The van der Waals surface area contributed by atoms with Crippen LogP contribution in [0.4, 0.5) is 17.1 Å². The molecule has 0 aromatic heterocycles. The van der Waals surface area contributed by atoms with E-state index in [1.807, 2.05) is 12.1 Å². The Morgan fingerprint density at radius 1 is 1.03 bits per heavy atom. The van der Waals surface area contributed by atoms with Crippen LogP contribution in [0.25, 0.3) is 0 Å². The number of benzene rings is 2. The first-order valence-electron chi connectivity index (χ1n) is 9.12. The predicted molar refractivity (Wildman–Crippen MR) is 109 cm³/mol. The molecule has 1 heterocycles. The summed E-state index contributed by atoms with van der Waals surface area (Å²) < 4.78 is 10.6. The van der Waals surface area contributed by atoms with Crippen molar-refractivity contribution in [3.63, 3.8) is 0 Å². The standard InChI is InChI=1S/C21H23N3O5/c1-13(25)22-15-8-9-18(28-2)16(11-15)23-21(27)14-10-20(26)24(12-14)17-6-4-5-7-19(17)29-3/h4-9,11,14H,10,12H2,1-3H3,(H,22,25)(H,23,27)/t14-/m0/s1. The van der Waals surface area contributed by atoms with Gasteiger partial charge in [-0.05, 0) is 30.3 Å². The number of carbonyl (C=O) groups is 3. The molecule has 2 N–H and O–H groups in total. The van der Waals surface area contributed by atoms with E-state index in [2.05, 4.69) is 10.6 Å². The number of nitrogens with one attached hydrogen (secondary N) is 2. The molecule has 8 heteroatoms. The Morgan fingerprint density at radius 2 is 1.76 bits per heavy atom. The lowest BCUT2D eigenvalue weighted by Gasteiger charge is -2.19. The lowest BCUT2D eigenvalue weighted by atomic mass is 10.1. The molecule has 8 nitrogen and oxygen atoms in total. The van der Waals surface area contributed by atoms with Crippen LogP contribution in [0, 0.1) is 5.92 Å². The van der Waals surface area contributed by atoms with Crippen molar-refractivity contribution in [1.82, 2.24) is 0 Å². The van der Waals surface area contributed by atoms with Gasteiger partial charge in [-0.3, -0.25) is 14.4 Å². The molecule has 0 spiro atoms. The van der Waals surface area contributed by atoms with Crippen LogP contribution in [0.3, 0.4) is 0 Å². The second-order valence-electron chi connectivity index (χ2n) is 6.66. The lowest BCUT2D eigenvalue weighted by molar-refractivity contribution is -0.122. The van der Waals surface area contributed by atoms with Gasteiger partial charge >= 0.3 is 0 Å². The first-order valence-corrected chi connectivity index (χ1v) is 9.12. The Bertz CT molecular complexity index is 944. The highest BCUT2D eigenvalue weighted by atomic mass is 16.5. The van der Waals surface area contributed by atoms with E-state index in [0.29, 0.717) is 28.6 Å². The molecular formula is C21H23N3O5. The second-order valence-corrected chi connectivity index (χ2v) is 6.66. The summed E-state index contributed by atoms with van der Waals surface area (Å²) in [5, 5.41) is 5.48. The smallest absolute Gasteiger partial charge is 0.229 e. The SMILES string of the molecule is COc1ccc(NC(C)=O)cc1NC(=O)[C@H]1CC(=O)N(c2ccccc2OC)C1. The van der Waals surface area contributed by atoms with Crippen LogP contribution in [-0.4, -0.2) is 38.5 Å². The van der Waals surface area contributed by atoms with Gasteiger partial charge in [0.15, 0.2) is 0 Å². The van der Waals surface area contributed by atoms with Crippen LogP contribution in [-0.2, 0) is 14.4 Å². The Morgan fingerprint density at radius 3 is 2.45 bits per heavy atom. The zero-order valence-corrected chi connectivity index (χ0v) is 16.5. The molecule has 1 atom stereocenters. The minimum Gasteiger partial charge on any atom is -0.495 e. The second kappa shape index (κ2) is 8.64. The van der Waals surface area contributed by atoms with Gasteiger partial charge in [0.2, 0.25) is 17.7 Å². The monoisotopic (exact) mass is 397 g/mol. The van der Waals surface area contributed by atoms with E-state index in [1.165, 1.54) is 21.1 Å². The van der Waals surface area contributed by atoms with E-state index in [-0.39, 0.29) is 30.7 Å². The van der Waals surface area contributed by atoms with Gasteiger partial charge in [0.1, 0.15) is 11.5 Å². The average Bonchev–Trinajstić information content (AvgIpc) is 3.09. The molecule has 0 radical (unpaired) electrons. The molecule has 2 aromatic rings. The minimum atomic E-state index is -0.526. The Balaban J connectivity index is 1.76. The first kappa shape index (κ1) is 20.2. The number of nitrogens with zero attached hydrogens (tertiary/aromatic N) is 1. The van der Waals surface area contributed by atoms with Crippen molar-refractivity contribution in [2.24, 2.45) is 5.92 Å². The van der Waals surface area contributed by atoms with Crippen LogP contribution in [0.15, 0.2) is 42.5 Å². The number of rotatable bonds is 6. The van der Waals surface area contributed by atoms with Crippen molar-refractivity contribution in [3.8, 4) is 11.5 Å². The molecular weight excluding hydrogens is 374 g/mol. The summed E-state index contributed by atoms with van der Waals surface area (Å²) in [6.07, 6.45) is 0.0948. The van der Waals surface area contributed by atoms with E-state index in [4.69, 9.17) is 9.47 Å². The summed E-state index contributed by atoms with van der Waals surface area (Å²) in [4.78, 5) is 38.2. The van der Waals surface area contributed by atoms with Gasteiger partial charge in [0, 0.05) is 25.6 Å². The fourth-order valence-electron chi connectivity index (χ4n) is 3.29. The predicted octanol–water partition coefficient (Wildman–Crippen LogP) is 2.65. The molecule has 1 aliphatic rings. The normalized spacial score (nSPS) is 15.8. The number of hydrogen-bond donors (Lipinski definition) is 2. The van der Waals surface area contributed by atoms with Crippen LogP contribution in [0.5, 0.6) is 11.5 Å². The van der Waals surface area contributed by atoms with Crippen molar-refractivity contribution in [1.29, 1.82) is 0 Å². The topological polar surface area (TPSA) is 97.0 Å². The van der Waals surface area contributed by atoms with Gasteiger partial charge in [-0.1, -0.05) is 12.1 Å². The first-order chi connectivity index (χ1) is 13.9. The molecule has 1 fully saturated rings. The van der Waals surface area contributed by atoms with Crippen LogP contribution >= 0.6 is 0 Å². The summed E-state index contributed by atoms with van der Waals surface area (Å²) in [6.45, 7) is 1.65. The molecule has 3 amide bonds. The molecule has 1 saturated heterocycles. The third-order valence-corrected chi connectivity index (χ3v) is 4.65. The summed E-state index contributed by atoms with van der Waals surface area (Å²) in [6, 6.07) is 12.1. The number of methoxy groups -OCH3 is 2. The number of ether oxygens (including phenoxy) is 2. The minimum absolute atomic E-state index is 0.0948. The van der Waals surface area contributed by atoms with E-state index in [9.17, 15) is 14.4 Å². The molecule has 3 rings (SSSR count). The van der Waals surface area contributed by atoms with E-state index >= 15 is 0 Å². The van der Waals surface area contributed by atoms with E-state index in [0.717, 1.165) is 0 Å². The zero-order valence-electron chi connectivity index (χ0n) is 16.5. The van der Waals surface area contributed by atoms with Crippen molar-refractivity contribution in [2.75, 3.05) is 36.3 Å². The number of anilines is 3. The molecule has 2 aromatic carbocycles. The van der Waals surface area contributed by atoms with Crippen LogP contribution in [0.2, 0.25) is 0 Å². The third kappa shape index (κ3) is 4.48. The number of amides is 3. The number of para-hydroxylation sites is 2. The Kier molecular flexibility index (Phi) is 6.01. The lowest BCUT2D eigenvalue weighted by Crippen LogP contribution is -2.28. The zero-order chi connectivity index (χ0) is 21.0. The van der Waals surface area contributed by atoms with Crippen LogP contribution < -0.4 is 25.0 Å². The highest BCUT2D eigenvalue weighted by Crippen LogP contribution is 2.34. The van der Waals surface area contributed by atoms with Crippen molar-refractivity contribution in [3.05, 3.63) is 42.5 Å². The van der Waals surface area contributed by atoms with Crippen molar-refractivity contribution < 1.29 is 23.9 Å². The maximum atomic E-state index is 12.8. The van der Waals surface area contributed by atoms with Gasteiger partial charge in [0.05, 0.1) is 31.5 Å². The fourth-order valence-corrected chi connectivity index (χ4v) is 3.29. The molecule has 29 heavy (non-hydrogen) atoms. The van der Waals surface area contributed by atoms with Gasteiger partial charge < -0.3 is 25.0 Å². The van der Waals surface area contributed by atoms with Gasteiger partial charge in [0.25, 0.3) is 0 Å². The Hall–Kier alpha value is -3.55. The molecule has 0 unspecified atom stereocenters. The fraction of sp³-hybridized carbons (Fsp3) is 0.286. The van der Waals surface area contributed by atoms with Crippen molar-refractivity contribution in [2.45, 2.75) is 13.3 Å². The highest BCUT2D eigenvalue weighted by molar-refractivity contribution is 6.04. The molecule has 0 bridgehead atoms. The maximum absolute atomic E-state index is 12.8. The van der Waals surface area contributed by atoms with Crippen LogP contribution in [0.1, 0.15) is 13.3 Å². The van der Waals surface area contributed by atoms with Crippen molar-refractivity contribution >= 4 is 34.8 Å². The van der Waals surface area contributed by atoms with Gasteiger partial charge in [-0.25, -0.2) is 0 Å². The Labute approximate surface area is 168 Å². The maximum Gasteiger partial charge on any atom is 0.229 e. The van der Waals surface area contributed by atoms with Gasteiger partial charge in [-0.15, -0.1) is 0 Å². The summed E-state index contributed by atoms with van der Waals surface area (Å²) in [7, 11) is 3.03. The quantitative estimate of drug-likeness (QED) is 0.781. The summed E-state index contributed by atoms with van der Waals surface area (Å²) >= 11 is 0. The molecule has 1 aliphatic heterocycles.